The molecular weight excluding hydrogens is 329 g/mol. The van der Waals surface area contributed by atoms with Crippen LogP contribution in [0, 0.1) is 5.82 Å². The Hall–Kier alpha value is -2.53. The molecule has 0 radical (unpaired) electrons. The summed E-state index contributed by atoms with van der Waals surface area (Å²) in [4.78, 5) is 17.5. The van der Waals surface area contributed by atoms with Gasteiger partial charge in [0.2, 0.25) is 0 Å². The molecule has 1 aromatic heterocycles. The first-order valence-corrected chi connectivity index (χ1v) is 8.08. The van der Waals surface area contributed by atoms with Crippen LogP contribution in [0.1, 0.15) is 11.3 Å². The van der Waals surface area contributed by atoms with Crippen LogP contribution in [0.2, 0.25) is 5.02 Å². The fraction of sp³-hybridized carbons (Fsp3) is 0.167. The fourth-order valence-electron chi connectivity index (χ4n) is 3.19. The standard InChI is InChI=1S/C18H15ClFN3O/c19-11-7-12(20)9-13(8-11)21-18(24)23-6-5-15-14-3-1-2-4-16(14)22-17(15)10-23/h1-4,7-9,22H,5-6,10H2,(H,21,24). The third-order valence-electron chi connectivity index (χ3n) is 4.28. The average molecular weight is 344 g/mol. The first kappa shape index (κ1) is 15.0. The number of aromatic amines is 1. The van der Waals surface area contributed by atoms with Gasteiger partial charge in [-0.1, -0.05) is 29.8 Å². The topological polar surface area (TPSA) is 48.1 Å². The van der Waals surface area contributed by atoms with Crippen LogP contribution >= 0.6 is 11.6 Å². The summed E-state index contributed by atoms with van der Waals surface area (Å²) in [5, 5.41) is 4.17. The van der Waals surface area contributed by atoms with Crippen molar-refractivity contribution in [3.05, 3.63) is 64.6 Å². The molecule has 2 heterocycles. The predicted octanol–water partition coefficient (Wildman–Crippen LogP) is 4.55. The highest BCUT2D eigenvalue weighted by molar-refractivity contribution is 6.30. The number of nitrogens with zero attached hydrogens (tertiary/aromatic N) is 1. The Labute approximate surface area is 143 Å². The minimum absolute atomic E-state index is 0.252. The molecule has 6 heteroatoms. The van der Waals surface area contributed by atoms with Crippen molar-refractivity contribution < 1.29 is 9.18 Å². The summed E-state index contributed by atoms with van der Waals surface area (Å²) in [6, 6.07) is 11.9. The van der Waals surface area contributed by atoms with E-state index in [4.69, 9.17) is 11.6 Å². The van der Waals surface area contributed by atoms with E-state index in [1.807, 2.05) is 18.2 Å². The molecule has 3 aromatic rings. The highest BCUT2D eigenvalue weighted by atomic mass is 35.5. The second-order valence-electron chi connectivity index (χ2n) is 5.89. The number of carbonyl (C=O) groups excluding carboxylic acids is 1. The lowest BCUT2D eigenvalue weighted by molar-refractivity contribution is 0.206. The Balaban J connectivity index is 1.54. The van der Waals surface area contributed by atoms with Crippen molar-refractivity contribution in [3.63, 3.8) is 0 Å². The van der Waals surface area contributed by atoms with Crippen molar-refractivity contribution in [1.29, 1.82) is 0 Å². The van der Waals surface area contributed by atoms with E-state index in [0.717, 1.165) is 17.6 Å². The van der Waals surface area contributed by atoms with E-state index in [0.29, 0.717) is 18.8 Å². The normalized spacial score (nSPS) is 13.8. The summed E-state index contributed by atoms with van der Waals surface area (Å²) in [5.74, 6) is -0.477. The Morgan fingerprint density at radius 2 is 2.08 bits per heavy atom. The number of nitrogens with one attached hydrogen (secondary N) is 2. The Morgan fingerprint density at radius 3 is 2.92 bits per heavy atom. The molecule has 0 aliphatic carbocycles. The van der Waals surface area contributed by atoms with Gasteiger partial charge in [-0.05, 0) is 36.2 Å². The van der Waals surface area contributed by atoms with E-state index in [1.54, 1.807) is 4.90 Å². The van der Waals surface area contributed by atoms with Crippen LogP contribution < -0.4 is 5.32 Å². The van der Waals surface area contributed by atoms with E-state index in [2.05, 4.69) is 16.4 Å². The van der Waals surface area contributed by atoms with Gasteiger partial charge in [-0.3, -0.25) is 0 Å². The lowest BCUT2D eigenvalue weighted by Crippen LogP contribution is -2.38. The van der Waals surface area contributed by atoms with E-state index in [1.165, 1.54) is 29.1 Å². The predicted molar refractivity (Wildman–Crippen MR) is 92.8 cm³/mol. The Bertz CT molecular complexity index is 917. The van der Waals surface area contributed by atoms with Crippen LogP contribution in [0.3, 0.4) is 0 Å². The lowest BCUT2D eigenvalue weighted by Gasteiger charge is -2.27. The van der Waals surface area contributed by atoms with Gasteiger partial charge in [0.25, 0.3) is 0 Å². The number of para-hydroxylation sites is 1. The van der Waals surface area contributed by atoms with Gasteiger partial charge in [-0.2, -0.15) is 0 Å². The first-order chi connectivity index (χ1) is 11.6. The third kappa shape index (κ3) is 2.71. The number of hydrogen-bond donors (Lipinski definition) is 2. The zero-order valence-corrected chi connectivity index (χ0v) is 13.5. The highest BCUT2D eigenvalue weighted by Gasteiger charge is 2.23. The lowest BCUT2D eigenvalue weighted by atomic mass is 10.0. The largest absolute Gasteiger partial charge is 0.357 e. The molecule has 24 heavy (non-hydrogen) atoms. The molecule has 4 nitrogen and oxygen atoms in total. The summed E-state index contributed by atoms with van der Waals surface area (Å²) in [6.45, 7) is 1.11. The smallest absolute Gasteiger partial charge is 0.322 e. The number of halogens is 2. The number of carbonyl (C=O) groups is 1. The maximum absolute atomic E-state index is 13.4. The van der Waals surface area contributed by atoms with Crippen LogP contribution in [0.15, 0.2) is 42.5 Å². The van der Waals surface area contributed by atoms with Crippen molar-refractivity contribution in [2.75, 3.05) is 11.9 Å². The molecule has 122 valence electrons. The minimum atomic E-state index is -0.477. The molecule has 1 aliphatic rings. The Kier molecular flexibility index (Phi) is 3.65. The molecule has 4 rings (SSSR count). The minimum Gasteiger partial charge on any atom is -0.357 e. The van der Waals surface area contributed by atoms with Crippen LogP contribution in [0.4, 0.5) is 14.9 Å². The average Bonchev–Trinajstić information content (AvgIpc) is 2.91. The molecule has 2 N–H and O–H groups in total. The highest BCUT2D eigenvalue weighted by Crippen LogP contribution is 2.28. The number of aromatic nitrogens is 1. The Morgan fingerprint density at radius 1 is 1.25 bits per heavy atom. The van der Waals surface area contributed by atoms with Crippen molar-refractivity contribution in [1.82, 2.24) is 9.88 Å². The van der Waals surface area contributed by atoms with Gasteiger partial charge in [0.15, 0.2) is 0 Å². The van der Waals surface area contributed by atoms with Crippen molar-refractivity contribution >= 4 is 34.2 Å². The molecular formula is C18H15ClFN3O. The fourth-order valence-corrected chi connectivity index (χ4v) is 3.42. The van der Waals surface area contributed by atoms with Crippen molar-refractivity contribution in [3.8, 4) is 0 Å². The van der Waals surface area contributed by atoms with Gasteiger partial charge < -0.3 is 15.2 Å². The van der Waals surface area contributed by atoms with Crippen LogP contribution in [0.25, 0.3) is 10.9 Å². The summed E-state index contributed by atoms with van der Waals surface area (Å²) in [6.07, 6.45) is 0.788. The zero-order valence-electron chi connectivity index (χ0n) is 12.8. The van der Waals surface area contributed by atoms with Crippen LogP contribution in [-0.2, 0) is 13.0 Å². The molecule has 0 fully saturated rings. The van der Waals surface area contributed by atoms with E-state index in [9.17, 15) is 9.18 Å². The van der Waals surface area contributed by atoms with Crippen LogP contribution in [0.5, 0.6) is 0 Å². The molecule has 2 amide bonds. The number of fused-ring (bicyclic) bond motifs is 3. The van der Waals surface area contributed by atoms with Gasteiger partial charge in [0.05, 0.1) is 6.54 Å². The molecule has 1 aliphatic heterocycles. The van der Waals surface area contributed by atoms with Gasteiger partial charge in [-0.15, -0.1) is 0 Å². The maximum atomic E-state index is 13.4. The summed E-state index contributed by atoms with van der Waals surface area (Å²) >= 11 is 5.82. The number of benzene rings is 2. The SMILES string of the molecule is O=C(Nc1cc(F)cc(Cl)c1)N1CCc2c([nH]c3ccccc23)C1. The van der Waals surface area contributed by atoms with E-state index >= 15 is 0 Å². The zero-order chi connectivity index (χ0) is 16.7. The number of amides is 2. The molecule has 2 aromatic carbocycles. The van der Waals surface area contributed by atoms with Gasteiger partial charge in [-0.25, -0.2) is 9.18 Å². The van der Waals surface area contributed by atoms with Gasteiger partial charge in [0.1, 0.15) is 5.82 Å². The second kappa shape index (κ2) is 5.83. The first-order valence-electron chi connectivity index (χ1n) is 7.70. The van der Waals surface area contributed by atoms with E-state index in [-0.39, 0.29) is 11.1 Å². The number of H-pyrrole nitrogens is 1. The number of anilines is 1. The number of urea groups is 1. The number of rotatable bonds is 1. The quantitative estimate of drug-likeness (QED) is 0.669. The molecule has 0 bridgehead atoms. The maximum Gasteiger partial charge on any atom is 0.322 e. The molecule has 0 saturated heterocycles. The summed E-state index contributed by atoms with van der Waals surface area (Å²) < 4.78 is 13.4. The molecule has 0 saturated carbocycles. The van der Waals surface area contributed by atoms with Crippen LogP contribution in [-0.4, -0.2) is 22.5 Å². The van der Waals surface area contributed by atoms with E-state index < -0.39 is 5.82 Å². The third-order valence-corrected chi connectivity index (χ3v) is 4.50. The molecule has 0 spiro atoms. The molecule has 0 unspecified atom stereocenters. The number of hydrogen-bond acceptors (Lipinski definition) is 1. The monoisotopic (exact) mass is 343 g/mol. The van der Waals surface area contributed by atoms with Crippen molar-refractivity contribution in [2.45, 2.75) is 13.0 Å². The molecule has 0 atom stereocenters. The second-order valence-corrected chi connectivity index (χ2v) is 6.32. The van der Waals surface area contributed by atoms with Gasteiger partial charge in [0, 0.05) is 33.9 Å². The summed E-state index contributed by atoms with van der Waals surface area (Å²) in [7, 11) is 0. The summed E-state index contributed by atoms with van der Waals surface area (Å²) in [5.41, 5.74) is 3.76. The van der Waals surface area contributed by atoms with Crippen molar-refractivity contribution in [2.24, 2.45) is 0 Å². The van der Waals surface area contributed by atoms with Gasteiger partial charge >= 0.3 is 6.03 Å².